The third kappa shape index (κ3) is 2.60. The number of nitrogens with zero attached hydrogens (tertiary/aromatic N) is 1. The number of carbonyl (C=O) groups excluding carboxylic acids is 2. The Morgan fingerprint density at radius 3 is 2.68 bits per heavy atom. The fourth-order valence-corrected chi connectivity index (χ4v) is 2.92. The van der Waals surface area contributed by atoms with Gasteiger partial charge in [0.2, 0.25) is 11.1 Å². The van der Waals surface area contributed by atoms with Crippen LogP contribution in [0.1, 0.15) is 23.7 Å². The van der Waals surface area contributed by atoms with Crippen LogP contribution in [0.15, 0.2) is 47.1 Å². The highest BCUT2D eigenvalue weighted by molar-refractivity contribution is 6.32. The lowest BCUT2D eigenvalue weighted by atomic mass is 10.1. The molecule has 1 fully saturated rings. The van der Waals surface area contributed by atoms with Crippen LogP contribution < -0.4 is 10.2 Å². The van der Waals surface area contributed by atoms with E-state index in [4.69, 9.17) is 16.0 Å². The molecule has 2 atom stereocenters. The Labute approximate surface area is 132 Å². The van der Waals surface area contributed by atoms with Gasteiger partial charge in [-0.3, -0.25) is 9.59 Å². The van der Waals surface area contributed by atoms with E-state index in [0.29, 0.717) is 6.42 Å². The number of halogens is 1. The van der Waals surface area contributed by atoms with Gasteiger partial charge >= 0.3 is 0 Å². The first-order valence-corrected chi connectivity index (χ1v) is 7.37. The molecule has 1 aromatic heterocycles. The quantitative estimate of drug-likeness (QED) is 0.946. The SMILES string of the molecule is C[C@H]1C[C@H](NC(=O)c2ccoc2Cl)C(=O)N1c1ccccc1. The number of anilines is 1. The molecule has 1 aliphatic rings. The molecule has 22 heavy (non-hydrogen) atoms. The Morgan fingerprint density at radius 2 is 2.05 bits per heavy atom. The number of hydrogen-bond donors (Lipinski definition) is 1. The number of hydrogen-bond acceptors (Lipinski definition) is 3. The number of rotatable bonds is 3. The number of benzene rings is 1. The zero-order valence-electron chi connectivity index (χ0n) is 12.0. The number of para-hydroxylation sites is 1. The van der Waals surface area contributed by atoms with Crippen molar-refractivity contribution in [2.75, 3.05) is 4.90 Å². The summed E-state index contributed by atoms with van der Waals surface area (Å²) in [6, 6.07) is 10.4. The Kier molecular flexibility index (Phi) is 3.90. The molecular weight excluding hydrogens is 304 g/mol. The first-order valence-electron chi connectivity index (χ1n) is 7.00. The van der Waals surface area contributed by atoms with Crippen LogP contribution in [-0.4, -0.2) is 23.9 Å². The summed E-state index contributed by atoms with van der Waals surface area (Å²) in [6.45, 7) is 1.96. The van der Waals surface area contributed by atoms with E-state index in [1.54, 1.807) is 4.90 Å². The van der Waals surface area contributed by atoms with Crippen molar-refractivity contribution in [3.63, 3.8) is 0 Å². The van der Waals surface area contributed by atoms with E-state index in [2.05, 4.69) is 5.32 Å². The highest BCUT2D eigenvalue weighted by atomic mass is 35.5. The Bertz CT molecular complexity index is 698. The van der Waals surface area contributed by atoms with Gasteiger partial charge in [-0.25, -0.2) is 0 Å². The van der Waals surface area contributed by atoms with Crippen LogP contribution in [0.2, 0.25) is 5.22 Å². The molecule has 2 aromatic rings. The zero-order chi connectivity index (χ0) is 15.7. The second-order valence-corrected chi connectivity index (χ2v) is 5.61. The van der Waals surface area contributed by atoms with Crippen molar-refractivity contribution < 1.29 is 14.0 Å². The van der Waals surface area contributed by atoms with Gasteiger partial charge in [0.25, 0.3) is 5.91 Å². The van der Waals surface area contributed by atoms with E-state index in [0.717, 1.165) is 5.69 Å². The summed E-state index contributed by atoms with van der Waals surface area (Å²) in [5.41, 5.74) is 1.07. The van der Waals surface area contributed by atoms with Crippen molar-refractivity contribution in [3.8, 4) is 0 Å². The smallest absolute Gasteiger partial charge is 0.256 e. The highest BCUT2D eigenvalue weighted by Gasteiger charge is 2.39. The third-order valence-electron chi connectivity index (χ3n) is 3.76. The molecule has 1 saturated heterocycles. The molecule has 2 amide bonds. The first kappa shape index (κ1) is 14.7. The van der Waals surface area contributed by atoms with Crippen LogP contribution in [0.4, 0.5) is 5.69 Å². The number of carbonyl (C=O) groups is 2. The molecule has 1 N–H and O–H groups in total. The summed E-state index contributed by atoms with van der Waals surface area (Å²) in [5, 5.41) is 2.75. The largest absolute Gasteiger partial charge is 0.452 e. The van der Waals surface area contributed by atoms with Crippen molar-refractivity contribution in [1.82, 2.24) is 5.32 Å². The maximum atomic E-state index is 12.6. The summed E-state index contributed by atoms with van der Waals surface area (Å²) in [7, 11) is 0. The van der Waals surface area contributed by atoms with Crippen LogP contribution in [0.5, 0.6) is 0 Å². The second-order valence-electron chi connectivity index (χ2n) is 5.26. The summed E-state index contributed by atoms with van der Waals surface area (Å²) in [4.78, 5) is 26.4. The molecule has 1 aromatic carbocycles. The molecule has 0 radical (unpaired) electrons. The first-order chi connectivity index (χ1) is 10.6. The van der Waals surface area contributed by atoms with Crippen LogP contribution in [0.3, 0.4) is 0 Å². The molecule has 0 bridgehead atoms. The van der Waals surface area contributed by atoms with Gasteiger partial charge in [0, 0.05) is 11.7 Å². The molecule has 2 heterocycles. The van der Waals surface area contributed by atoms with Crippen molar-refractivity contribution in [1.29, 1.82) is 0 Å². The van der Waals surface area contributed by atoms with Gasteiger partial charge in [-0.2, -0.15) is 0 Å². The molecule has 0 saturated carbocycles. The third-order valence-corrected chi connectivity index (χ3v) is 4.05. The average molecular weight is 319 g/mol. The van der Waals surface area contributed by atoms with E-state index < -0.39 is 11.9 Å². The van der Waals surface area contributed by atoms with Crippen molar-refractivity contribution in [2.45, 2.75) is 25.4 Å². The molecule has 0 aliphatic carbocycles. The topological polar surface area (TPSA) is 62.6 Å². The highest BCUT2D eigenvalue weighted by Crippen LogP contribution is 2.27. The number of amides is 2. The lowest BCUT2D eigenvalue weighted by Crippen LogP contribution is -2.41. The molecule has 6 heteroatoms. The Hall–Kier alpha value is -2.27. The van der Waals surface area contributed by atoms with Crippen LogP contribution >= 0.6 is 11.6 Å². The van der Waals surface area contributed by atoms with Crippen LogP contribution in [0.25, 0.3) is 0 Å². The predicted molar refractivity (Wildman–Crippen MR) is 83.0 cm³/mol. The van der Waals surface area contributed by atoms with Gasteiger partial charge in [0.15, 0.2) is 0 Å². The maximum absolute atomic E-state index is 12.6. The number of furan rings is 1. The molecule has 0 spiro atoms. The van der Waals surface area contributed by atoms with E-state index in [9.17, 15) is 9.59 Å². The standard InChI is InChI=1S/C16H15ClN2O3/c1-10-9-13(18-15(20)12-7-8-22-14(12)17)16(21)19(10)11-5-3-2-4-6-11/h2-8,10,13H,9H2,1H3,(H,18,20)/t10-,13-/m0/s1. The minimum atomic E-state index is -0.561. The van der Waals surface area contributed by atoms with Gasteiger partial charge in [-0.15, -0.1) is 0 Å². The molecule has 114 valence electrons. The Morgan fingerprint density at radius 1 is 1.32 bits per heavy atom. The fourth-order valence-electron chi connectivity index (χ4n) is 2.72. The van der Waals surface area contributed by atoms with Crippen molar-refractivity contribution in [2.24, 2.45) is 0 Å². The molecule has 3 rings (SSSR count). The summed E-state index contributed by atoms with van der Waals surface area (Å²) in [6.07, 6.45) is 1.89. The minimum absolute atomic E-state index is 0.0139. The summed E-state index contributed by atoms with van der Waals surface area (Å²) >= 11 is 5.79. The van der Waals surface area contributed by atoms with E-state index in [-0.39, 0.29) is 22.7 Å². The molecule has 0 unspecified atom stereocenters. The monoisotopic (exact) mass is 318 g/mol. The lowest BCUT2D eigenvalue weighted by Gasteiger charge is -2.21. The summed E-state index contributed by atoms with van der Waals surface area (Å²) in [5.74, 6) is -0.522. The summed E-state index contributed by atoms with van der Waals surface area (Å²) < 4.78 is 4.90. The van der Waals surface area contributed by atoms with Gasteiger partial charge in [-0.05, 0) is 43.1 Å². The number of nitrogens with one attached hydrogen (secondary N) is 1. The van der Waals surface area contributed by atoms with Gasteiger partial charge < -0.3 is 14.6 Å². The zero-order valence-corrected chi connectivity index (χ0v) is 12.7. The Balaban J connectivity index is 1.76. The normalized spacial score (nSPS) is 21.2. The van der Waals surface area contributed by atoms with E-state index in [1.807, 2.05) is 37.3 Å². The van der Waals surface area contributed by atoms with Crippen LogP contribution in [0, 0.1) is 0 Å². The van der Waals surface area contributed by atoms with E-state index >= 15 is 0 Å². The lowest BCUT2D eigenvalue weighted by molar-refractivity contribution is -0.118. The maximum Gasteiger partial charge on any atom is 0.256 e. The average Bonchev–Trinajstić information content (AvgIpc) is 3.04. The second kappa shape index (κ2) is 5.85. The molecule has 1 aliphatic heterocycles. The molecule has 5 nitrogen and oxygen atoms in total. The van der Waals surface area contributed by atoms with Gasteiger partial charge in [-0.1, -0.05) is 18.2 Å². The van der Waals surface area contributed by atoms with Gasteiger partial charge in [0.1, 0.15) is 6.04 Å². The van der Waals surface area contributed by atoms with Crippen molar-refractivity contribution >= 4 is 29.1 Å². The van der Waals surface area contributed by atoms with Crippen LogP contribution in [-0.2, 0) is 4.79 Å². The predicted octanol–water partition coefficient (Wildman–Crippen LogP) is 2.86. The molecular formula is C16H15ClN2O3. The minimum Gasteiger partial charge on any atom is -0.452 e. The fraction of sp³-hybridized carbons (Fsp3) is 0.250. The van der Waals surface area contributed by atoms with E-state index in [1.165, 1.54) is 12.3 Å². The van der Waals surface area contributed by atoms with Gasteiger partial charge in [0.05, 0.1) is 11.8 Å². The van der Waals surface area contributed by atoms with Crippen molar-refractivity contribution in [3.05, 3.63) is 53.4 Å².